The molecule has 1 amide bonds. The highest BCUT2D eigenvalue weighted by molar-refractivity contribution is 6.02. The molecule has 0 aliphatic heterocycles. The smallest absolute Gasteiger partial charge is 0.309 e. The quantitative estimate of drug-likeness (QED) is 0.878. The van der Waals surface area contributed by atoms with E-state index in [9.17, 15) is 9.59 Å². The largest absolute Gasteiger partial charge is 0.455 e. The first-order chi connectivity index (χ1) is 10.1. The molecule has 4 nitrogen and oxygen atoms in total. The molecular weight excluding hydrogens is 266 g/mol. The van der Waals surface area contributed by atoms with E-state index in [0.717, 1.165) is 22.9 Å². The number of amides is 1. The number of anilines is 1. The molecule has 0 spiro atoms. The molecule has 1 N–H and O–H groups in total. The van der Waals surface area contributed by atoms with Crippen LogP contribution < -0.4 is 5.32 Å². The molecule has 2 aromatic carbocycles. The summed E-state index contributed by atoms with van der Waals surface area (Å²) in [6, 6.07) is 13.5. The fourth-order valence-corrected chi connectivity index (χ4v) is 2.41. The standard InChI is InChI=1S/C17H17NO3/c1-11-9-14(11)17(20)21-10-16(19)18-15-8-4-6-12-5-2-3-7-13(12)15/h2-8,11,14H,9-10H2,1H3,(H,18,19)/t11-,14+/m1/s1. The van der Waals surface area contributed by atoms with E-state index in [0.29, 0.717) is 5.92 Å². The zero-order valence-electron chi connectivity index (χ0n) is 11.8. The van der Waals surface area contributed by atoms with E-state index < -0.39 is 0 Å². The second-order valence-electron chi connectivity index (χ2n) is 5.50. The van der Waals surface area contributed by atoms with E-state index in [1.165, 1.54) is 0 Å². The minimum absolute atomic E-state index is 0.0182. The summed E-state index contributed by atoms with van der Waals surface area (Å²) < 4.78 is 5.03. The van der Waals surface area contributed by atoms with E-state index in [1.807, 2.05) is 49.4 Å². The summed E-state index contributed by atoms with van der Waals surface area (Å²) in [5.41, 5.74) is 0.730. The molecule has 3 rings (SSSR count). The van der Waals surface area contributed by atoms with Gasteiger partial charge in [0.25, 0.3) is 5.91 Å². The SMILES string of the molecule is C[C@@H]1C[C@@H]1C(=O)OCC(=O)Nc1cccc2ccccc12. The number of benzene rings is 2. The molecule has 1 fully saturated rings. The van der Waals surface area contributed by atoms with Crippen LogP contribution in [-0.4, -0.2) is 18.5 Å². The second-order valence-corrected chi connectivity index (χ2v) is 5.50. The van der Waals surface area contributed by atoms with E-state index in [2.05, 4.69) is 5.32 Å². The average Bonchev–Trinajstić information content (AvgIpc) is 3.22. The van der Waals surface area contributed by atoms with Crippen molar-refractivity contribution >= 4 is 28.3 Å². The summed E-state index contributed by atoms with van der Waals surface area (Å²) in [7, 11) is 0. The van der Waals surface area contributed by atoms with E-state index in [4.69, 9.17) is 4.74 Å². The third-order valence-electron chi connectivity index (χ3n) is 3.82. The number of hydrogen-bond donors (Lipinski definition) is 1. The number of hydrogen-bond acceptors (Lipinski definition) is 3. The Hall–Kier alpha value is -2.36. The maximum Gasteiger partial charge on any atom is 0.309 e. The van der Waals surface area contributed by atoms with E-state index >= 15 is 0 Å². The molecule has 0 bridgehead atoms. The van der Waals surface area contributed by atoms with Gasteiger partial charge in [-0.15, -0.1) is 0 Å². The summed E-state index contributed by atoms with van der Waals surface area (Å²) in [6.07, 6.45) is 0.865. The Morgan fingerprint density at radius 2 is 1.90 bits per heavy atom. The highest BCUT2D eigenvalue weighted by atomic mass is 16.5. The van der Waals surface area contributed by atoms with Crippen LogP contribution in [0.4, 0.5) is 5.69 Å². The predicted molar refractivity (Wildman–Crippen MR) is 80.8 cm³/mol. The van der Waals surface area contributed by atoms with Gasteiger partial charge in [-0.3, -0.25) is 9.59 Å². The van der Waals surface area contributed by atoms with Crippen molar-refractivity contribution in [1.29, 1.82) is 0 Å². The first-order valence-electron chi connectivity index (χ1n) is 7.09. The van der Waals surface area contributed by atoms with Crippen LogP contribution in [0.2, 0.25) is 0 Å². The summed E-state index contributed by atoms with van der Waals surface area (Å²) in [5, 5.41) is 4.82. The van der Waals surface area contributed by atoms with Crippen LogP contribution >= 0.6 is 0 Å². The Morgan fingerprint density at radius 3 is 2.67 bits per heavy atom. The van der Waals surface area contributed by atoms with Gasteiger partial charge in [-0.1, -0.05) is 43.3 Å². The number of carbonyl (C=O) groups is 2. The van der Waals surface area contributed by atoms with Crippen LogP contribution in [0, 0.1) is 11.8 Å². The zero-order chi connectivity index (χ0) is 14.8. The molecule has 2 atom stereocenters. The number of carbonyl (C=O) groups excluding carboxylic acids is 2. The Labute approximate surface area is 123 Å². The number of nitrogens with one attached hydrogen (secondary N) is 1. The van der Waals surface area contributed by atoms with Gasteiger partial charge in [0, 0.05) is 11.1 Å². The number of ether oxygens (including phenoxy) is 1. The lowest BCUT2D eigenvalue weighted by atomic mass is 10.1. The molecule has 0 heterocycles. The Kier molecular flexibility index (Phi) is 3.60. The van der Waals surface area contributed by atoms with Crippen LogP contribution in [0.3, 0.4) is 0 Å². The Bertz CT molecular complexity index is 690. The molecule has 1 aliphatic rings. The van der Waals surface area contributed by atoms with Crippen LogP contribution in [0.25, 0.3) is 10.8 Å². The minimum Gasteiger partial charge on any atom is -0.455 e. The topological polar surface area (TPSA) is 55.4 Å². The number of rotatable bonds is 4. The highest BCUT2D eigenvalue weighted by Gasteiger charge is 2.40. The normalized spacial score (nSPS) is 20.0. The van der Waals surface area contributed by atoms with Crippen LogP contribution in [0.15, 0.2) is 42.5 Å². The number of fused-ring (bicyclic) bond motifs is 1. The Balaban J connectivity index is 1.62. The molecule has 0 radical (unpaired) electrons. The van der Waals surface area contributed by atoms with Gasteiger partial charge in [0.15, 0.2) is 6.61 Å². The lowest BCUT2D eigenvalue weighted by molar-refractivity contribution is -0.148. The molecule has 0 saturated heterocycles. The molecular formula is C17H17NO3. The van der Waals surface area contributed by atoms with Gasteiger partial charge >= 0.3 is 5.97 Å². The predicted octanol–water partition coefficient (Wildman–Crippen LogP) is 2.98. The first-order valence-corrected chi connectivity index (χ1v) is 7.09. The molecule has 21 heavy (non-hydrogen) atoms. The van der Waals surface area contributed by atoms with Crippen molar-refractivity contribution in [3.8, 4) is 0 Å². The maximum atomic E-state index is 11.9. The fourth-order valence-electron chi connectivity index (χ4n) is 2.41. The van der Waals surface area contributed by atoms with Crippen molar-refractivity contribution in [2.75, 3.05) is 11.9 Å². The van der Waals surface area contributed by atoms with Crippen LogP contribution in [0.1, 0.15) is 13.3 Å². The van der Waals surface area contributed by atoms with Gasteiger partial charge in [-0.25, -0.2) is 0 Å². The lowest BCUT2D eigenvalue weighted by Gasteiger charge is -2.09. The number of esters is 1. The van der Waals surface area contributed by atoms with Gasteiger partial charge in [-0.05, 0) is 23.8 Å². The van der Waals surface area contributed by atoms with Crippen LogP contribution in [-0.2, 0) is 14.3 Å². The van der Waals surface area contributed by atoms with Crippen molar-refractivity contribution in [1.82, 2.24) is 0 Å². The summed E-state index contributed by atoms with van der Waals surface area (Å²) in [4.78, 5) is 23.5. The third kappa shape index (κ3) is 3.05. The monoisotopic (exact) mass is 283 g/mol. The molecule has 0 unspecified atom stereocenters. The van der Waals surface area contributed by atoms with Crippen molar-refractivity contribution < 1.29 is 14.3 Å². The molecule has 108 valence electrons. The van der Waals surface area contributed by atoms with Gasteiger partial charge in [-0.2, -0.15) is 0 Å². The molecule has 4 heteroatoms. The third-order valence-corrected chi connectivity index (χ3v) is 3.82. The summed E-state index contributed by atoms with van der Waals surface area (Å²) >= 11 is 0. The summed E-state index contributed by atoms with van der Waals surface area (Å²) in [5.74, 6) is -0.211. The van der Waals surface area contributed by atoms with Crippen molar-refractivity contribution in [3.63, 3.8) is 0 Å². The Morgan fingerprint density at radius 1 is 1.19 bits per heavy atom. The molecule has 1 saturated carbocycles. The van der Waals surface area contributed by atoms with Crippen LogP contribution in [0.5, 0.6) is 0 Å². The summed E-state index contributed by atoms with van der Waals surface area (Å²) in [6.45, 7) is 1.77. The van der Waals surface area contributed by atoms with Gasteiger partial charge in [0.05, 0.1) is 5.92 Å². The lowest BCUT2D eigenvalue weighted by Crippen LogP contribution is -2.21. The second kappa shape index (κ2) is 5.56. The molecule has 0 aromatic heterocycles. The molecule has 2 aromatic rings. The maximum absolute atomic E-state index is 11.9. The van der Waals surface area contributed by atoms with Crippen molar-refractivity contribution in [2.45, 2.75) is 13.3 Å². The van der Waals surface area contributed by atoms with Gasteiger partial charge in [0.2, 0.25) is 0 Å². The van der Waals surface area contributed by atoms with E-state index in [1.54, 1.807) is 0 Å². The fraction of sp³-hybridized carbons (Fsp3) is 0.294. The minimum atomic E-state index is -0.312. The zero-order valence-corrected chi connectivity index (χ0v) is 11.8. The van der Waals surface area contributed by atoms with E-state index in [-0.39, 0.29) is 24.4 Å². The first kappa shape index (κ1) is 13.6. The van der Waals surface area contributed by atoms with Gasteiger partial charge in [0.1, 0.15) is 0 Å². The highest BCUT2D eigenvalue weighted by Crippen LogP contribution is 2.38. The molecule has 1 aliphatic carbocycles. The van der Waals surface area contributed by atoms with Crippen molar-refractivity contribution in [3.05, 3.63) is 42.5 Å². The van der Waals surface area contributed by atoms with Crippen molar-refractivity contribution in [2.24, 2.45) is 11.8 Å². The van der Waals surface area contributed by atoms with Gasteiger partial charge < -0.3 is 10.1 Å². The average molecular weight is 283 g/mol.